The number of rotatable bonds is 10. The van der Waals surface area contributed by atoms with Gasteiger partial charge in [-0.15, -0.1) is 0 Å². The molecule has 2 aromatic carbocycles. The van der Waals surface area contributed by atoms with Crippen LogP contribution in [0.1, 0.15) is 115 Å². The van der Waals surface area contributed by atoms with E-state index in [1.807, 2.05) is 12.1 Å². The average molecular weight is 684 g/mol. The molecule has 260 valence electrons. The van der Waals surface area contributed by atoms with Crippen molar-refractivity contribution in [1.82, 2.24) is 15.4 Å². The molecule has 1 saturated heterocycles. The summed E-state index contributed by atoms with van der Waals surface area (Å²) in [7, 11) is -3.84. The molecule has 8 nitrogen and oxygen atoms in total. The van der Waals surface area contributed by atoms with E-state index in [4.69, 9.17) is 4.74 Å². The largest absolute Gasteiger partial charge is 0.490 e. The molecule has 2 aromatic rings. The van der Waals surface area contributed by atoms with Crippen molar-refractivity contribution in [3.8, 4) is 16.9 Å². The number of amides is 2. The van der Waals surface area contributed by atoms with E-state index in [2.05, 4.69) is 15.4 Å². The fourth-order valence-corrected chi connectivity index (χ4v) is 9.23. The van der Waals surface area contributed by atoms with Gasteiger partial charge in [0.1, 0.15) is 17.7 Å². The van der Waals surface area contributed by atoms with E-state index < -0.39 is 37.7 Å². The van der Waals surface area contributed by atoms with Crippen molar-refractivity contribution < 1.29 is 31.5 Å². The molecule has 2 amide bonds. The van der Waals surface area contributed by atoms with Crippen molar-refractivity contribution in [2.45, 2.75) is 137 Å². The van der Waals surface area contributed by atoms with Gasteiger partial charge < -0.3 is 15.4 Å². The van der Waals surface area contributed by atoms with Gasteiger partial charge in [-0.1, -0.05) is 24.6 Å². The Hall–Kier alpha value is -3.05. The Labute approximate surface area is 282 Å². The smallest absolute Gasteiger partial charge is 0.259 e. The molecule has 5 aliphatic rings. The summed E-state index contributed by atoms with van der Waals surface area (Å²) in [6.07, 6.45) is 8.41. The fourth-order valence-electron chi connectivity index (χ4n) is 7.84. The van der Waals surface area contributed by atoms with E-state index in [9.17, 15) is 18.0 Å². The molecule has 4 aliphatic carbocycles. The van der Waals surface area contributed by atoms with Crippen molar-refractivity contribution in [1.29, 1.82) is 0 Å². The van der Waals surface area contributed by atoms with E-state index in [0.29, 0.717) is 60.1 Å². The van der Waals surface area contributed by atoms with Gasteiger partial charge in [0.05, 0.1) is 10.2 Å². The molecular formula is C37H47F2N3O5S. The quantitative estimate of drug-likeness (QED) is 0.280. The Balaban J connectivity index is 1.13. The van der Waals surface area contributed by atoms with Crippen LogP contribution in [-0.4, -0.2) is 54.9 Å². The van der Waals surface area contributed by atoms with Crippen molar-refractivity contribution in [3.05, 3.63) is 53.3 Å². The lowest BCUT2D eigenvalue weighted by molar-refractivity contribution is -0.133. The second-order valence-corrected chi connectivity index (χ2v) is 18.1. The van der Waals surface area contributed by atoms with Gasteiger partial charge in [-0.05, 0) is 119 Å². The maximum Gasteiger partial charge on any atom is 0.259 e. The van der Waals surface area contributed by atoms with Gasteiger partial charge >= 0.3 is 0 Å². The molecular weight excluding hydrogens is 636 g/mol. The van der Waals surface area contributed by atoms with Gasteiger partial charge in [-0.25, -0.2) is 17.2 Å². The van der Waals surface area contributed by atoms with Crippen LogP contribution in [0, 0.1) is 5.82 Å². The summed E-state index contributed by atoms with van der Waals surface area (Å²) >= 11 is 0. The highest BCUT2D eigenvalue weighted by Gasteiger charge is 2.56. The average Bonchev–Trinajstić information content (AvgIpc) is 3.43. The monoisotopic (exact) mass is 683 g/mol. The topological polar surface area (TPSA) is 114 Å². The molecule has 0 bridgehead atoms. The highest BCUT2D eigenvalue weighted by atomic mass is 32.2. The van der Waals surface area contributed by atoms with Crippen molar-refractivity contribution in [3.63, 3.8) is 0 Å². The number of hydrogen-bond donors (Lipinski definition) is 3. The van der Waals surface area contributed by atoms with Crippen LogP contribution in [0.3, 0.4) is 0 Å². The highest BCUT2D eigenvalue weighted by Crippen LogP contribution is 2.47. The Morgan fingerprint density at radius 2 is 1.75 bits per heavy atom. The van der Waals surface area contributed by atoms with Gasteiger partial charge in [0.15, 0.2) is 0 Å². The first-order chi connectivity index (χ1) is 22.6. The maximum atomic E-state index is 15.7. The second-order valence-electron chi connectivity index (χ2n) is 15.9. The zero-order valence-electron chi connectivity index (χ0n) is 28.1. The third-order valence-electron chi connectivity index (χ3n) is 12.0. The molecule has 1 aliphatic heterocycles. The number of carbonyl (C=O) groups excluding carboxylic acids is 2. The molecule has 48 heavy (non-hydrogen) atoms. The van der Waals surface area contributed by atoms with Gasteiger partial charge in [-0.2, -0.15) is 0 Å². The number of hydrogen-bond acceptors (Lipinski definition) is 6. The second kappa shape index (κ2) is 11.8. The molecule has 3 N–H and O–H groups in total. The van der Waals surface area contributed by atoms with Crippen molar-refractivity contribution in [2.24, 2.45) is 0 Å². The van der Waals surface area contributed by atoms with Gasteiger partial charge in [0.2, 0.25) is 21.6 Å². The summed E-state index contributed by atoms with van der Waals surface area (Å²) in [6.45, 7) is 5.04. The first-order valence-corrected chi connectivity index (χ1v) is 19.0. The zero-order chi connectivity index (χ0) is 34.1. The summed E-state index contributed by atoms with van der Waals surface area (Å²) in [5, 5.41) is 6.21. The SMILES string of the molecule is CC(C)(C(=O)NS(=O)(=O)C1(C)CC1)c1ccc(O[C@@H]2CC[C@@H](NC(=O)[C@@]3(F)CNC4(CCC4)C3)C2)c(-c2cccc(F)c2C2CCC2)c1. The number of ether oxygens (including phenoxy) is 1. The lowest BCUT2D eigenvalue weighted by Gasteiger charge is -2.38. The van der Waals surface area contributed by atoms with Crippen LogP contribution in [-0.2, 0) is 25.0 Å². The first kappa shape index (κ1) is 33.4. The molecule has 0 radical (unpaired) electrons. The molecule has 3 atom stereocenters. The van der Waals surface area contributed by atoms with Crippen LogP contribution in [0.25, 0.3) is 11.1 Å². The predicted molar refractivity (Wildman–Crippen MR) is 179 cm³/mol. The van der Waals surface area contributed by atoms with Gasteiger partial charge in [0, 0.05) is 36.5 Å². The first-order valence-electron chi connectivity index (χ1n) is 17.6. The number of benzene rings is 2. The number of halogens is 2. The number of alkyl halides is 1. The summed E-state index contributed by atoms with van der Waals surface area (Å²) in [5.41, 5.74) is -0.862. The zero-order valence-corrected chi connectivity index (χ0v) is 28.9. The highest BCUT2D eigenvalue weighted by molar-refractivity contribution is 7.91. The Bertz CT molecular complexity index is 1730. The van der Waals surface area contributed by atoms with Crippen LogP contribution in [0.5, 0.6) is 5.75 Å². The van der Waals surface area contributed by atoms with E-state index >= 15 is 8.78 Å². The summed E-state index contributed by atoms with van der Waals surface area (Å²) < 4.78 is 65.0. The summed E-state index contributed by atoms with van der Waals surface area (Å²) in [5.74, 6) is -0.887. The van der Waals surface area contributed by atoms with E-state index in [0.717, 1.165) is 38.5 Å². The lowest BCUT2D eigenvalue weighted by Crippen LogP contribution is -2.49. The Morgan fingerprint density at radius 3 is 2.38 bits per heavy atom. The fraction of sp³-hybridized carbons (Fsp3) is 0.622. The number of carbonyl (C=O) groups is 2. The molecule has 11 heteroatoms. The normalized spacial score (nSPS) is 27.6. The Kier molecular flexibility index (Phi) is 8.21. The number of sulfonamides is 1. The van der Waals surface area contributed by atoms with Crippen LogP contribution in [0.4, 0.5) is 8.78 Å². The molecule has 1 spiro atoms. The molecule has 5 fully saturated rings. The standard InChI is InChI=1S/C37H47F2N3O5S/c1-34(2,32(43)42-48(45,46)35(3)17-18-35)24-11-14-30(28(19-24)27-9-5-10-29(38)31(27)23-7-4-8-23)47-26-13-12-25(20-26)41-33(44)37(39)21-36(40-22-37)15-6-16-36/h5,9-11,14,19,23,25-26,40H,4,6-8,12-13,15-18,20-22H2,1-3H3,(H,41,44)(H,42,43)/t25-,26-,37+/m1/s1. The van der Waals surface area contributed by atoms with Crippen LogP contribution in [0.15, 0.2) is 36.4 Å². The third-order valence-corrected chi connectivity index (χ3v) is 14.2. The van der Waals surface area contributed by atoms with Crippen molar-refractivity contribution >= 4 is 21.8 Å². The Morgan fingerprint density at radius 1 is 1.00 bits per heavy atom. The minimum Gasteiger partial charge on any atom is -0.490 e. The minimum absolute atomic E-state index is 0.0395. The summed E-state index contributed by atoms with van der Waals surface area (Å²) in [6, 6.07) is 10.1. The molecule has 0 aromatic heterocycles. The molecule has 7 rings (SSSR count). The van der Waals surface area contributed by atoms with Gasteiger partial charge in [0.25, 0.3) is 5.91 Å². The number of nitrogens with one attached hydrogen (secondary N) is 3. The maximum absolute atomic E-state index is 15.7. The van der Waals surface area contributed by atoms with Crippen LogP contribution in [0.2, 0.25) is 0 Å². The van der Waals surface area contributed by atoms with E-state index in [1.54, 1.807) is 39.0 Å². The minimum atomic E-state index is -3.84. The summed E-state index contributed by atoms with van der Waals surface area (Å²) in [4.78, 5) is 26.6. The third kappa shape index (κ3) is 5.92. The predicted octanol–water partition coefficient (Wildman–Crippen LogP) is 6.08. The molecule has 0 unspecified atom stereocenters. The van der Waals surface area contributed by atoms with E-state index in [-0.39, 0.29) is 42.4 Å². The molecule has 1 heterocycles. The van der Waals surface area contributed by atoms with Crippen LogP contribution < -0.4 is 20.1 Å². The lowest BCUT2D eigenvalue weighted by atomic mass is 9.74. The van der Waals surface area contributed by atoms with Crippen LogP contribution >= 0.6 is 0 Å². The van der Waals surface area contributed by atoms with Crippen molar-refractivity contribution in [2.75, 3.05) is 6.54 Å². The van der Waals surface area contributed by atoms with Gasteiger partial charge in [-0.3, -0.25) is 14.3 Å². The molecule has 4 saturated carbocycles. The van der Waals surface area contributed by atoms with E-state index in [1.165, 1.54) is 6.07 Å².